The Labute approximate surface area is 116 Å². The maximum absolute atomic E-state index is 11.8. The van der Waals surface area contributed by atoms with Gasteiger partial charge in [-0.2, -0.15) is 0 Å². The van der Waals surface area contributed by atoms with Crippen molar-refractivity contribution in [3.05, 3.63) is 53.1 Å². The van der Waals surface area contributed by atoms with Crippen LogP contribution >= 0.6 is 11.6 Å². The molecule has 1 aliphatic rings. The molecular weight excluding hydrogens is 262 g/mol. The Bertz CT molecular complexity index is 590. The Morgan fingerprint density at radius 3 is 2.95 bits per heavy atom. The average molecular weight is 276 g/mol. The first-order valence-electron chi connectivity index (χ1n) is 6.23. The lowest BCUT2D eigenvalue weighted by molar-refractivity contribution is 0.0940. The Morgan fingerprint density at radius 2 is 2.32 bits per heavy atom. The molecule has 3 rings (SSSR count). The van der Waals surface area contributed by atoms with Gasteiger partial charge in [0.15, 0.2) is 5.82 Å². The summed E-state index contributed by atoms with van der Waals surface area (Å²) in [5, 5.41) is 3.67. The molecule has 19 heavy (non-hydrogen) atoms. The van der Waals surface area contributed by atoms with Crippen molar-refractivity contribution in [1.29, 1.82) is 0 Å². The molecule has 0 atom stereocenters. The molecule has 4 nitrogen and oxygen atoms in total. The second kappa shape index (κ2) is 4.70. The highest BCUT2D eigenvalue weighted by Gasteiger charge is 2.44. The van der Waals surface area contributed by atoms with Gasteiger partial charge >= 0.3 is 0 Å². The molecule has 0 spiro atoms. The summed E-state index contributed by atoms with van der Waals surface area (Å²) >= 11 is 6.02. The van der Waals surface area contributed by atoms with E-state index in [0.717, 1.165) is 17.9 Å². The highest BCUT2D eigenvalue weighted by atomic mass is 35.5. The van der Waals surface area contributed by atoms with Crippen molar-refractivity contribution in [2.24, 2.45) is 0 Å². The Kier molecular flexibility index (Phi) is 3.03. The summed E-state index contributed by atoms with van der Waals surface area (Å²) < 4.78 is 0. The monoisotopic (exact) mass is 275 g/mol. The lowest BCUT2D eigenvalue weighted by Crippen LogP contribution is -2.32. The summed E-state index contributed by atoms with van der Waals surface area (Å²) in [7, 11) is 0. The SMILES string of the molecule is O=C(NCC1(c2cccc(Cl)c2)CC1)c1ncc[nH]1. The van der Waals surface area contributed by atoms with Crippen LogP contribution in [0, 0.1) is 0 Å². The minimum atomic E-state index is -0.168. The molecule has 1 fully saturated rings. The number of nitrogens with zero attached hydrogens (tertiary/aromatic N) is 1. The molecule has 0 radical (unpaired) electrons. The summed E-state index contributed by atoms with van der Waals surface area (Å²) in [6.07, 6.45) is 5.36. The molecule has 2 aromatic rings. The number of H-pyrrole nitrogens is 1. The normalized spacial score (nSPS) is 16.1. The van der Waals surface area contributed by atoms with E-state index in [4.69, 9.17) is 11.6 Å². The Balaban J connectivity index is 1.68. The van der Waals surface area contributed by atoms with Gasteiger partial charge in [-0.3, -0.25) is 4.79 Å². The molecule has 1 heterocycles. The van der Waals surface area contributed by atoms with Crippen molar-refractivity contribution >= 4 is 17.5 Å². The number of aromatic nitrogens is 2. The van der Waals surface area contributed by atoms with Gasteiger partial charge < -0.3 is 10.3 Å². The van der Waals surface area contributed by atoms with E-state index in [1.54, 1.807) is 12.4 Å². The number of hydrogen-bond donors (Lipinski definition) is 2. The maximum atomic E-state index is 11.8. The van der Waals surface area contributed by atoms with Crippen LogP contribution in [0.1, 0.15) is 29.0 Å². The fourth-order valence-electron chi connectivity index (χ4n) is 2.26. The van der Waals surface area contributed by atoms with Crippen LogP contribution in [0.4, 0.5) is 0 Å². The fraction of sp³-hybridized carbons (Fsp3) is 0.286. The molecule has 1 aromatic heterocycles. The minimum absolute atomic E-state index is 0.0488. The number of hydrogen-bond acceptors (Lipinski definition) is 2. The van der Waals surface area contributed by atoms with Crippen LogP contribution in [0.3, 0.4) is 0 Å². The van der Waals surface area contributed by atoms with Crippen LogP contribution in [-0.2, 0) is 5.41 Å². The fourth-order valence-corrected chi connectivity index (χ4v) is 2.45. The number of carbonyl (C=O) groups excluding carboxylic acids is 1. The van der Waals surface area contributed by atoms with Crippen molar-refractivity contribution in [2.45, 2.75) is 18.3 Å². The van der Waals surface area contributed by atoms with Crippen LogP contribution in [-0.4, -0.2) is 22.4 Å². The molecule has 1 saturated carbocycles. The Morgan fingerprint density at radius 1 is 1.47 bits per heavy atom. The molecule has 0 saturated heterocycles. The summed E-state index contributed by atoms with van der Waals surface area (Å²) in [5.41, 5.74) is 1.24. The predicted molar refractivity (Wildman–Crippen MR) is 73.3 cm³/mol. The summed E-state index contributed by atoms with van der Waals surface area (Å²) in [5.74, 6) is 0.181. The summed E-state index contributed by atoms with van der Waals surface area (Å²) in [6.45, 7) is 0.618. The number of benzene rings is 1. The number of nitrogens with one attached hydrogen (secondary N) is 2. The Hall–Kier alpha value is -1.81. The van der Waals surface area contributed by atoms with Crippen molar-refractivity contribution in [2.75, 3.05) is 6.54 Å². The second-order valence-corrected chi connectivity index (χ2v) is 5.35. The molecule has 1 aliphatic carbocycles. The van der Waals surface area contributed by atoms with E-state index in [2.05, 4.69) is 21.4 Å². The zero-order valence-corrected chi connectivity index (χ0v) is 11.1. The third kappa shape index (κ3) is 2.49. The third-order valence-electron chi connectivity index (χ3n) is 3.59. The topological polar surface area (TPSA) is 57.8 Å². The van der Waals surface area contributed by atoms with Crippen molar-refractivity contribution in [3.63, 3.8) is 0 Å². The zero-order valence-electron chi connectivity index (χ0n) is 10.3. The highest BCUT2D eigenvalue weighted by Crippen LogP contribution is 2.48. The van der Waals surface area contributed by atoms with Crippen LogP contribution in [0.2, 0.25) is 5.02 Å². The van der Waals surface area contributed by atoms with E-state index in [0.29, 0.717) is 12.4 Å². The number of rotatable bonds is 4. The van der Waals surface area contributed by atoms with Gasteiger partial charge in [-0.15, -0.1) is 0 Å². The van der Waals surface area contributed by atoms with E-state index in [1.807, 2.05) is 18.2 Å². The smallest absolute Gasteiger partial charge is 0.287 e. The quantitative estimate of drug-likeness (QED) is 0.901. The number of aromatic amines is 1. The molecule has 5 heteroatoms. The van der Waals surface area contributed by atoms with E-state index < -0.39 is 0 Å². The van der Waals surface area contributed by atoms with Crippen molar-refractivity contribution in [3.8, 4) is 0 Å². The molecule has 1 aromatic carbocycles. The van der Waals surface area contributed by atoms with Gasteiger partial charge in [-0.05, 0) is 30.5 Å². The van der Waals surface area contributed by atoms with Crippen LogP contribution in [0.15, 0.2) is 36.7 Å². The summed E-state index contributed by atoms with van der Waals surface area (Å²) in [6, 6.07) is 7.86. The largest absolute Gasteiger partial charge is 0.348 e. The third-order valence-corrected chi connectivity index (χ3v) is 3.83. The standard InChI is InChI=1S/C14H14ClN3O/c15-11-3-1-2-10(8-11)14(4-5-14)9-18-13(19)12-16-6-7-17-12/h1-3,6-8H,4-5,9H2,(H,16,17)(H,18,19). The van der Waals surface area contributed by atoms with E-state index in [9.17, 15) is 4.79 Å². The number of amides is 1. The van der Waals surface area contributed by atoms with Gasteiger partial charge in [0.25, 0.3) is 5.91 Å². The van der Waals surface area contributed by atoms with Gasteiger partial charge in [0.1, 0.15) is 0 Å². The van der Waals surface area contributed by atoms with E-state index >= 15 is 0 Å². The predicted octanol–water partition coefficient (Wildman–Crippen LogP) is 2.52. The second-order valence-electron chi connectivity index (χ2n) is 4.91. The average Bonchev–Trinajstić information content (AvgIpc) is 3.00. The van der Waals surface area contributed by atoms with Crippen molar-refractivity contribution < 1.29 is 4.79 Å². The van der Waals surface area contributed by atoms with Crippen molar-refractivity contribution in [1.82, 2.24) is 15.3 Å². The van der Waals surface area contributed by atoms with Crippen LogP contribution in [0.25, 0.3) is 0 Å². The number of halogens is 1. The van der Waals surface area contributed by atoms with Crippen LogP contribution < -0.4 is 5.32 Å². The lowest BCUT2D eigenvalue weighted by atomic mass is 9.96. The van der Waals surface area contributed by atoms with Crippen LogP contribution in [0.5, 0.6) is 0 Å². The first-order valence-corrected chi connectivity index (χ1v) is 6.61. The summed E-state index contributed by atoms with van der Waals surface area (Å²) in [4.78, 5) is 18.6. The highest BCUT2D eigenvalue weighted by molar-refractivity contribution is 6.30. The van der Waals surface area contributed by atoms with E-state index in [-0.39, 0.29) is 11.3 Å². The molecule has 0 bridgehead atoms. The molecule has 0 unspecified atom stereocenters. The minimum Gasteiger partial charge on any atom is -0.348 e. The van der Waals surface area contributed by atoms with Gasteiger partial charge in [-0.1, -0.05) is 23.7 Å². The van der Waals surface area contributed by atoms with Gasteiger partial charge in [0, 0.05) is 29.4 Å². The zero-order chi connectivity index (χ0) is 13.3. The molecule has 0 aliphatic heterocycles. The maximum Gasteiger partial charge on any atom is 0.287 e. The molecular formula is C14H14ClN3O. The molecule has 2 N–H and O–H groups in total. The van der Waals surface area contributed by atoms with Gasteiger partial charge in [0.05, 0.1) is 0 Å². The first kappa shape index (κ1) is 12.2. The van der Waals surface area contributed by atoms with Gasteiger partial charge in [-0.25, -0.2) is 4.98 Å². The first-order chi connectivity index (χ1) is 9.20. The molecule has 98 valence electrons. The number of carbonyl (C=O) groups is 1. The molecule has 1 amide bonds. The lowest BCUT2D eigenvalue weighted by Gasteiger charge is -2.16. The number of imidazole rings is 1. The van der Waals surface area contributed by atoms with E-state index in [1.165, 1.54) is 5.56 Å². The van der Waals surface area contributed by atoms with Gasteiger partial charge in [0.2, 0.25) is 0 Å².